The van der Waals surface area contributed by atoms with Crippen LogP contribution in [0.25, 0.3) is 0 Å². The maximum atomic E-state index is 5.63. The first-order valence-electron chi connectivity index (χ1n) is 4.03. The third-order valence-corrected chi connectivity index (χ3v) is 1.94. The molecule has 0 aliphatic carbocycles. The molecule has 0 saturated carbocycles. The fourth-order valence-electron chi connectivity index (χ4n) is 1.47. The normalized spacial score (nSPS) is 28.8. The van der Waals surface area contributed by atoms with Crippen molar-refractivity contribution < 1.29 is 0 Å². The van der Waals surface area contributed by atoms with Crippen LogP contribution in [0.15, 0.2) is 0 Å². The Morgan fingerprint density at radius 2 is 2.50 bits per heavy atom. The second-order valence-electron chi connectivity index (χ2n) is 3.04. The number of nitrogens with one attached hydrogen (secondary N) is 1. The molecule has 1 aliphatic rings. The van der Waals surface area contributed by atoms with Gasteiger partial charge in [0.1, 0.15) is 0 Å². The standard InChI is InChI=1S/C7H17N3/c1-2-3-7-4-9-6-10(8)5-7/h7,9H,2-6,8H2,1H3. The molecule has 0 amide bonds. The highest BCUT2D eigenvalue weighted by Crippen LogP contribution is 2.08. The summed E-state index contributed by atoms with van der Waals surface area (Å²) in [6, 6.07) is 0. The monoisotopic (exact) mass is 143 g/mol. The number of hydrogen-bond acceptors (Lipinski definition) is 3. The predicted molar refractivity (Wildman–Crippen MR) is 42.2 cm³/mol. The average Bonchev–Trinajstić information content (AvgIpc) is 1.88. The first kappa shape index (κ1) is 7.98. The number of nitrogens with two attached hydrogens (primary N) is 1. The van der Waals surface area contributed by atoms with Gasteiger partial charge in [-0.15, -0.1) is 0 Å². The van der Waals surface area contributed by atoms with E-state index in [1.807, 2.05) is 5.01 Å². The minimum atomic E-state index is 0.767. The van der Waals surface area contributed by atoms with Gasteiger partial charge >= 0.3 is 0 Å². The molecule has 1 fully saturated rings. The van der Waals surface area contributed by atoms with Gasteiger partial charge in [0.05, 0.1) is 6.67 Å². The van der Waals surface area contributed by atoms with Crippen LogP contribution in [0.4, 0.5) is 0 Å². The average molecular weight is 143 g/mol. The van der Waals surface area contributed by atoms with Crippen molar-refractivity contribution in [1.82, 2.24) is 10.3 Å². The zero-order valence-corrected chi connectivity index (χ0v) is 6.64. The summed E-state index contributed by atoms with van der Waals surface area (Å²) in [4.78, 5) is 0. The Morgan fingerprint density at radius 3 is 3.10 bits per heavy atom. The summed E-state index contributed by atoms with van der Waals surface area (Å²) in [6.07, 6.45) is 2.56. The highest BCUT2D eigenvalue weighted by atomic mass is 15.4. The van der Waals surface area contributed by atoms with E-state index in [-0.39, 0.29) is 0 Å². The molecule has 0 radical (unpaired) electrons. The van der Waals surface area contributed by atoms with Crippen LogP contribution in [0.1, 0.15) is 19.8 Å². The van der Waals surface area contributed by atoms with E-state index in [1.165, 1.54) is 12.8 Å². The summed E-state index contributed by atoms with van der Waals surface area (Å²) >= 11 is 0. The van der Waals surface area contributed by atoms with Crippen molar-refractivity contribution in [3.63, 3.8) is 0 Å². The van der Waals surface area contributed by atoms with Crippen molar-refractivity contribution in [2.75, 3.05) is 19.8 Å². The molecule has 3 nitrogen and oxygen atoms in total. The SMILES string of the molecule is CCCC1CNCN(N)C1. The molecule has 1 aliphatic heterocycles. The van der Waals surface area contributed by atoms with Gasteiger partial charge in [-0.3, -0.25) is 5.84 Å². The Kier molecular flexibility index (Phi) is 3.12. The molecule has 1 heterocycles. The van der Waals surface area contributed by atoms with E-state index < -0.39 is 0 Å². The van der Waals surface area contributed by atoms with Gasteiger partial charge in [-0.25, -0.2) is 5.01 Å². The van der Waals surface area contributed by atoms with E-state index in [4.69, 9.17) is 5.84 Å². The maximum Gasteiger partial charge on any atom is 0.0618 e. The first-order valence-corrected chi connectivity index (χ1v) is 4.03. The topological polar surface area (TPSA) is 41.3 Å². The molecule has 0 aromatic carbocycles. The number of hydrogen-bond donors (Lipinski definition) is 2. The minimum absolute atomic E-state index is 0.767. The second kappa shape index (κ2) is 3.91. The lowest BCUT2D eigenvalue weighted by atomic mass is 10.0. The van der Waals surface area contributed by atoms with Crippen LogP contribution in [0.5, 0.6) is 0 Å². The van der Waals surface area contributed by atoms with Crippen LogP contribution in [0.2, 0.25) is 0 Å². The second-order valence-corrected chi connectivity index (χ2v) is 3.04. The van der Waals surface area contributed by atoms with E-state index >= 15 is 0 Å². The van der Waals surface area contributed by atoms with Crippen LogP contribution < -0.4 is 11.2 Å². The molecule has 60 valence electrons. The van der Waals surface area contributed by atoms with E-state index in [0.717, 1.165) is 25.7 Å². The summed E-state index contributed by atoms with van der Waals surface area (Å²) in [5.74, 6) is 6.39. The summed E-state index contributed by atoms with van der Waals surface area (Å²) in [5, 5.41) is 5.12. The number of rotatable bonds is 2. The lowest BCUT2D eigenvalue weighted by molar-refractivity contribution is 0.163. The number of nitrogens with zero attached hydrogens (tertiary/aromatic N) is 1. The van der Waals surface area contributed by atoms with Crippen LogP contribution in [-0.2, 0) is 0 Å². The Balaban J connectivity index is 2.18. The molecule has 0 spiro atoms. The van der Waals surface area contributed by atoms with Crippen molar-refractivity contribution in [3.05, 3.63) is 0 Å². The third-order valence-electron chi connectivity index (χ3n) is 1.94. The van der Waals surface area contributed by atoms with E-state index in [9.17, 15) is 0 Å². The van der Waals surface area contributed by atoms with Gasteiger partial charge in [-0.05, 0) is 12.3 Å². The summed E-state index contributed by atoms with van der Waals surface area (Å²) in [7, 11) is 0. The Labute approximate surface area is 62.5 Å². The molecule has 3 heteroatoms. The Hall–Kier alpha value is -0.120. The molecular weight excluding hydrogens is 126 g/mol. The van der Waals surface area contributed by atoms with Crippen LogP contribution in [-0.4, -0.2) is 24.8 Å². The smallest absolute Gasteiger partial charge is 0.0618 e. The zero-order chi connectivity index (χ0) is 7.40. The largest absolute Gasteiger partial charge is 0.303 e. The van der Waals surface area contributed by atoms with Crippen molar-refractivity contribution in [3.8, 4) is 0 Å². The van der Waals surface area contributed by atoms with E-state index in [1.54, 1.807) is 0 Å². The van der Waals surface area contributed by atoms with Crippen molar-refractivity contribution in [2.45, 2.75) is 19.8 Å². The summed E-state index contributed by atoms with van der Waals surface area (Å²) in [6.45, 7) is 5.26. The zero-order valence-electron chi connectivity index (χ0n) is 6.64. The molecule has 3 N–H and O–H groups in total. The van der Waals surface area contributed by atoms with Gasteiger partial charge < -0.3 is 5.32 Å². The van der Waals surface area contributed by atoms with Crippen molar-refractivity contribution >= 4 is 0 Å². The molecule has 10 heavy (non-hydrogen) atoms. The first-order chi connectivity index (χ1) is 4.83. The predicted octanol–water partition coefficient (Wildman–Crippen LogP) is 0.139. The molecule has 0 aromatic heterocycles. The Bertz CT molecular complexity index is 92.9. The highest BCUT2D eigenvalue weighted by molar-refractivity contribution is 4.69. The molecule has 1 unspecified atom stereocenters. The third kappa shape index (κ3) is 2.25. The molecule has 1 saturated heterocycles. The van der Waals surface area contributed by atoms with Crippen molar-refractivity contribution in [2.24, 2.45) is 11.8 Å². The molecule has 0 bridgehead atoms. The quantitative estimate of drug-likeness (QED) is 0.540. The van der Waals surface area contributed by atoms with Crippen LogP contribution in [0.3, 0.4) is 0 Å². The summed E-state index contributed by atoms with van der Waals surface area (Å²) < 4.78 is 0. The fourth-order valence-corrected chi connectivity index (χ4v) is 1.47. The lowest BCUT2D eigenvalue weighted by Crippen LogP contribution is -2.50. The van der Waals surface area contributed by atoms with Crippen LogP contribution in [0, 0.1) is 5.92 Å². The highest BCUT2D eigenvalue weighted by Gasteiger charge is 2.15. The minimum Gasteiger partial charge on any atom is -0.303 e. The van der Waals surface area contributed by atoms with Gasteiger partial charge in [0.25, 0.3) is 0 Å². The van der Waals surface area contributed by atoms with Crippen molar-refractivity contribution in [1.29, 1.82) is 0 Å². The van der Waals surface area contributed by atoms with Gasteiger partial charge in [0.2, 0.25) is 0 Å². The van der Waals surface area contributed by atoms with Gasteiger partial charge in [0, 0.05) is 13.1 Å². The van der Waals surface area contributed by atoms with Gasteiger partial charge in [0.15, 0.2) is 0 Å². The Morgan fingerprint density at radius 1 is 1.70 bits per heavy atom. The van der Waals surface area contributed by atoms with E-state index in [2.05, 4.69) is 12.2 Å². The molecule has 0 aromatic rings. The fraction of sp³-hybridized carbons (Fsp3) is 1.00. The van der Waals surface area contributed by atoms with Crippen LogP contribution >= 0.6 is 0 Å². The van der Waals surface area contributed by atoms with E-state index in [0.29, 0.717) is 0 Å². The van der Waals surface area contributed by atoms with Gasteiger partial charge in [-0.1, -0.05) is 13.3 Å². The number of hydrazine groups is 1. The molecular formula is C7H17N3. The summed E-state index contributed by atoms with van der Waals surface area (Å²) in [5.41, 5.74) is 0. The molecule has 1 atom stereocenters. The maximum absolute atomic E-state index is 5.63. The van der Waals surface area contributed by atoms with Gasteiger partial charge in [-0.2, -0.15) is 0 Å². The lowest BCUT2D eigenvalue weighted by Gasteiger charge is -2.29. The molecule has 1 rings (SSSR count).